The van der Waals surface area contributed by atoms with Crippen molar-refractivity contribution in [2.24, 2.45) is 5.92 Å². The number of aryl methyl sites for hydroxylation is 1. The molecule has 2 heteroatoms. The minimum Gasteiger partial charge on any atom is -0.307 e. The van der Waals surface area contributed by atoms with Crippen LogP contribution in [0.4, 0.5) is 0 Å². The molecule has 2 unspecified atom stereocenters. The Balaban J connectivity index is 2.01. The van der Waals surface area contributed by atoms with Gasteiger partial charge in [0.25, 0.3) is 0 Å². The third kappa shape index (κ3) is 4.19. The zero-order valence-corrected chi connectivity index (χ0v) is 13.7. The average Bonchev–Trinajstić information content (AvgIpc) is 2.82. The molecule has 1 N–H and O–H groups in total. The van der Waals surface area contributed by atoms with E-state index in [9.17, 15) is 0 Å². The molecule has 2 rings (SSSR count). The summed E-state index contributed by atoms with van der Waals surface area (Å²) in [6.07, 6.45) is 1.11. The van der Waals surface area contributed by atoms with Crippen LogP contribution in [0.15, 0.2) is 42.5 Å². The van der Waals surface area contributed by atoms with E-state index in [4.69, 9.17) is 0 Å². The first-order valence-corrected chi connectivity index (χ1v) is 8.24. The van der Waals surface area contributed by atoms with Crippen LogP contribution in [0.3, 0.4) is 0 Å². The van der Waals surface area contributed by atoms with Gasteiger partial charge >= 0.3 is 0 Å². The second-order valence-corrected chi connectivity index (χ2v) is 7.29. The fourth-order valence-electron chi connectivity index (χ4n) is 2.60. The molecule has 2 atom stereocenters. The molecule has 0 saturated heterocycles. The van der Waals surface area contributed by atoms with E-state index in [2.05, 4.69) is 75.5 Å². The maximum absolute atomic E-state index is 3.80. The highest BCUT2D eigenvalue weighted by Gasteiger charge is 2.18. The highest BCUT2D eigenvalue weighted by atomic mass is 32.1. The van der Waals surface area contributed by atoms with Gasteiger partial charge in [0.1, 0.15) is 0 Å². The topological polar surface area (TPSA) is 12.0 Å². The lowest BCUT2D eigenvalue weighted by Crippen LogP contribution is -2.34. The lowest BCUT2D eigenvalue weighted by molar-refractivity contribution is 0.369. The van der Waals surface area contributed by atoms with Crippen molar-refractivity contribution in [2.75, 3.05) is 0 Å². The van der Waals surface area contributed by atoms with Crippen molar-refractivity contribution in [1.29, 1.82) is 0 Å². The van der Waals surface area contributed by atoms with E-state index in [1.165, 1.54) is 15.3 Å². The maximum atomic E-state index is 3.80. The molecule has 0 spiro atoms. The van der Waals surface area contributed by atoms with Crippen LogP contribution in [0.25, 0.3) is 0 Å². The number of nitrogens with one attached hydrogen (secondary N) is 1. The summed E-state index contributed by atoms with van der Waals surface area (Å²) in [7, 11) is 0. The van der Waals surface area contributed by atoms with Gasteiger partial charge in [-0.1, -0.05) is 44.2 Å². The van der Waals surface area contributed by atoms with E-state index < -0.39 is 0 Å². The number of benzene rings is 1. The summed E-state index contributed by atoms with van der Waals surface area (Å²) in [6, 6.07) is 16.2. The molecular weight excluding hydrogens is 262 g/mol. The third-order valence-electron chi connectivity index (χ3n) is 3.59. The van der Waals surface area contributed by atoms with Gasteiger partial charge in [-0.3, -0.25) is 0 Å². The molecule has 1 aromatic carbocycles. The summed E-state index contributed by atoms with van der Waals surface area (Å²) < 4.78 is 0. The first-order chi connectivity index (χ1) is 9.56. The Morgan fingerprint density at radius 3 is 2.25 bits per heavy atom. The van der Waals surface area contributed by atoms with Gasteiger partial charge < -0.3 is 5.32 Å². The van der Waals surface area contributed by atoms with Crippen LogP contribution in [-0.2, 0) is 6.42 Å². The van der Waals surface area contributed by atoms with Crippen LogP contribution >= 0.6 is 11.3 Å². The Morgan fingerprint density at radius 2 is 1.70 bits per heavy atom. The number of thiophene rings is 1. The maximum Gasteiger partial charge on any atom is 0.0345 e. The van der Waals surface area contributed by atoms with Crippen molar-refractivity contribution in [2.45, 2.75) is 46.2 Å². The Bertz CT molecular complexity index is 515. The summed E-state index contributed by atoms with van der Waals surface area (Å²) in [6.45, 7) is 9.03. The van der Waals surface area contributed by atoms with Gasteiger partial charge in [-0.2, -0.15) is 0 Å². The minimum atomic E-state index is 0.423. The lowest BCUT2D eigenvalue weighted by Gasteiger charge is -2.27. The Hall–Kier alpha value is -1.12. The summed E-state index contributed by atoms with van der Waals surface area (Å²) in [5.74, 6) is 0.588. The first-order valence-electron chi connectivity index (χ1n) is 7.42. The van der Waals surface area contributed by atoms with Gasteiger partial charge in [0.2, 0.25) is 0 Å². The predicted octanol–water partition coefficient (Wildman–Crippen LogP) is 4.97. The minimum absolute atomic E-state index is 0.423. The standard InChI is InChI=1S/C18H25NS/c1-13(2)18(16-8-6-5-7-9-16)19-14(3)12-17-11-10-15(4)20-17/h5-11,13-14,18-19H,12H2,1-4H3. The van der Waals surface area contributed by atoms with Crippen LogP contribution in [0, 0.1) is 12.8 Å². The Morgan fingerprint density at radius 1 is 1.00 bits per heavy atom. The zero-order valence-electron chi connectivity index (χ0n) is 12.9. The first kappa shape index (κ1) is 15.3. The van der Waals surface area contributed by atoms with E-state index in [1.807, 2.05) is 11.3 Å². The van der Waals surface area contributed by atoms with E-state index >= 15 is 0 Å². The molecule has 1 nitrogen and oxygen atoms in total. The van der Waals surface area contributed by atoms with Crippen molar-refractivity contribution in [3.8, 4) is 0 Å². The van der Waals surface area contributed by atoms with Gasteiger partial charge in [-0.15, -0.1) is 11.3 Å². The quantitative estimate of drug-likeness (QED) is 0.790. The highest BCUT2D eigenvalue weighted by Crippen LogP contribution is 2.23. The molecule has 0 aliphatic rings. The molecule has 0 saturated carbocycles. The second-order valence-electron chi connectivity index (χ2n) is 5.92. The molecule has 0 aliphatic heterocycles. The third-order valence-corrected chi connectivity index (χ3v) is 4.62. The van der Waals surface area contributed by atoms with Crippen LogP contribution in [-0.4, -0.2) is 6.04 Å². The monoisotopic (exact) mass is 287 g/mol. The summed E-state index contributed by atoms with van der Waals surface area (Å²) in [4.78, 5) is 2.87. The van der Waals surface area contributed by atoms with Gasteiger partial charge in [-0.05, 0) is 43.9 Å². The molecule has 108 valence electrons. The van der Waals surface area contributed by atoms with Crippen LogP contribution in [0.1, 0.15) is 42.1 Å². The SMILES string of the molecule is Cc1ccc(CC(C)NC(c2ccccc2)C(C)C)s1. The molecule has 0 amide bonds. The fourth-order valence-corrected chi connectivity index (χ4v) is 3.62. The molecule has 2 aromatic rings. The summed E-state index contributed by atoms with van der Waals surface area (Å²) >= 11 is 1.91. The van der Waals surface area contributed by atoms with E-state index in [1.54, 1.807) is 0 Å². The number of hydrogen-bond acceptors (Lipinski definition) is 2. The van der Waals surface area contributed by atoms with Crippen molar-refractivity contribution < 1.29 is 0 Å². The van der Waals surface area contributed by atoms with E-state index in [0.717, 1.165) is 6.42 Å². The molecule has 1 heterocycles. The smallest absolute Gasteiger partial charge is 0.0345 e. The van der Waals surface area contributed by atoms with E-state index in [0.29, 0.717) is 18.0 Å². The van der Waals surface area contributed by atoms with E-state index in [-0.39, 0.29) is 0 Å². The largest absolute Gasteiger partial charge is 0.307 e. The van der Waals surface area contributed by atoms with Crippen LogP contribution < -0.4 is 5.32 Å². The summed E-state index contributed by atoms with van der Waals surface area (Å²) in [5, 5.41) is 3.80. The number of rotatable bonds is 6. The highest BCUT2D eigenvalue weighted by molar-refractivity contribution is 7.11. The number of hydrogen-bond donors (Lipinski definition) is 1. The molecule has 0 aliphatic carbocycles. The van der Waals surface area contributed by atoms with Gasteiger partial charge in [0.05, 0.1) is 0 Å². The molecule has 0 radical (unpaired) electrons. The zero-order chi connectivity index (χ0) is 14.5. The molecule has 0 bridgehead atoms. The fraction of sp³-hybridized carbons (Fsp3) is 0.444. The predicted molar refractivity (Wildman–Crippen MR) is 89.4 cm³/mol. The lowest BCUT2D eigenvalue weighted by atomic mass is 9.95. The van der Waals surface area contributed by atoms with Gasteiger partial charge in [0, 0.05) is 21.8 Å². The Labute approximate surface area is 127 Å². The van der Waals surface area contributed by atoms with Crippen LogP contribution in [0.2, 0.25) is 0 Å². The van der Waals surface area contributed by atoms with Crippen molar-refractivity contribution in [1.82, 2.24) is 5.32 Å². The van der Waals surface area contributed by atoms with Crippen molar-refractivity contribution >= 4 is 11.3 Å². The normalized spacial score (nSPS) is 14.4. The molecule has 0 fully saturated rings. The average molecular weight is 287 g/mol. The van der Waals surface area contributed by atoms with Crippen molar-refractivity contribution in [3.63, 3.8) is 0 Å². The molecular formula is C18H25NS. The van der Waals surface area contributed by atoms with Crippen LogP contribution in [0.5, 0.6) is 0 Å². The second kappa shape index (κ2) is 7.05. The molecule has 20 heavy (non-hydrogen) atoms. The van der Waals surface area contributed by atoms with Gasteiger partial charge in [0.15, 0.2) is 0 Å². The Kier molecular flexibility index (Phi) is 5.38. The van der Waals surface area contributed by atoms with Gasteiger partial charge in [-0.25, -0.2) is 0 Å². The van der Waals surface area contributed by atoms with Crippen molar-refractivity contribution in [3.05, 3.63) is 57.8 Å². The molecule has 1 aromatic heterocycles. The summed E-state index contributed by atoms with van der Waals surface area (Å²) in [5.41, 5.74) is 1.39.